The first kappa shape index (κ1) is 13.1. The molecule has 98 valence electrons. The third-order valence-corrected chi connectivity index (χ3v) is 3.43. The first-order chi connectivity index (χ1) is 8.77. The predicted molar refractivity (Wildman–Crippen MR) is 70.6 cm³/mol. The van der Waals surface area contributed by atoms with Crippen molar-refractivity contribution < 1.29 is 9.63 Å². The molecule has 1 saturated carbocycles. The highest BCUT2D eigenvalue weighted by molar-refractivity contribution is 5.72. The molecule has 1 fully saturated rings. The number of hydrogen-bond donors (Lipinski definition) is 0. The van der Waals surface area contributed by atoms with E-state index in [0.717, 1.165) is 18.4 Å². The second-order valence-corrected chi connectivity index (χ2v) is 4.90. The van der Waals surface area contributed by atoms with Gasteiger partial charge < -0.3 is 0 Å². The lowest BCUT2D eigenvalue weighted by atomic mass is 9.95. The largest absolute Gasteiger partial charge is 0.273 e. The van der Waals surface area contributed by atoms with E-state index < -0.39 is 0 Å². The summed E-state index contributed by atoms with van der Waals surface area (Å²) in [4.78, 5) is 17.4. The maximum atomic E-state index is 11.7. The standard InChI is InChI=1S/C15H21NO2/c1-13(17)16(15-10-6-3-7-11-15)18-12-14-8-4-2-5-9-14/h2,4-5,8-9,15H,3,6-7,10-12H2,1H3. The van der Waals surface area contributed by atoms with Crippen LogP contribution in [0.1, 0.15) is 44.6 Å². The minimum atomic E-state index is 0.0119. The van der Waals surface area contributed by atoms with Gasteiger partial charge in [0.1, 0.15) is 6.61 Å². The van der Waals surface area contributed by atoms with E-state index in [4.69, 9.17) is 4.84 Å². The van der Waals surface area contributed by atoms with Crippen LogP contribution < -0.4 is 0 Å². The van der Waals surface area contributed by atoms with Gasteiger partial charge in [-0.1, -0.05) is 49.6 Å². The van der Waals surface area contributed by atoms with Crippen LogP contribution in [0.5, 0.6) is 0 Å². The summed E-state index contributed by atoms with van der Waals surface area (Å²) < 4.78 is 0. The van der Waals surface area contributed by atoms with Crippen molar-refractivity contribution >= 4 is 5.91 Å². The third kappa shape index (κ3) is 3.57. The maximum absolute atomic E-state index is 11.7. The van der Waals surface area contributed by atoms with Gasteiger partial charge >= 0.3 is 0 Å². The van der Waals surface area contributed by atoms with E-state index in [9.17, 15) is 4.79 Å². The van der Waals surface area contributed by atoms with Crippen LogP contribution >= 0.6 is 0 Å². The molecule has 0 saturated heterocycles. The Balaban J connectivity index is 1.92. The molecule has 1 aromatic carbocycles. The molecule has 0 heterocycles. The highest BCUT2D eigenvalue weighted by atomic mass is 16.7. The summed E-state index contributed by atoms with van der Waals surface area (Å²) >= 11 is 0. The number of amides is 1. The van der Waals surface area contributed by atoms with Crippen molar-refractivity contribution in [1.29, 1.82) is 0 Å². The minimum absolute atomic E-state index is 0.0119. The fraction of sp³-hybridized carbons (Fsp3) is 0.533. The minimum Gasteiger partial charge on any atom is -0.273 e. The molecule has 1 amide bonds. The van der Waals surface area contributed by atoms with E-state index in [1.54, 1.807) is 12.0 Å². The lowest BCUT2D eigenvalue weighted by molar-refractivity contribution is -0.207. The Kier molecular flexibility index (Phi) is 4.76. The summed E-state index contributed by atoms with van der Waals surface area (Å²) in [5.74, 6) is 0.0119. The van der Waals surface area contributed by atoms with Gasteiger partial charge in [-0.2, -0.15) is 0 Å². The Morgan fingerprint density at radius 1 is 1.22 bits per heavy atom. The van der Waals surface area contributed by atoms with E-state index in [-0.39, 0.29) is 11.9 Å². The number of benzene rings is 1. The summed E-state index contributed by atoms with van der Waals surface area (Å²) in [6, 6.07) is 10.2. The molecular weight excluding hydrogens is 226 g/mol. The summed E-state index contributed by atoms with van der Waals surface area (Å²) in [5, 5.41) is 1.59. The molecule has 0 N–H and O–H groups in total. The zero-order valence-corrected chi connectivity index (χ0v) is 11.0. The number of hydrogen-bond acceptors (Lipinski definition) is 2. The van der Waals surface area contributed by atoms with Crippen molar-refractivity contribution in [1.82, 2.24) is 5.06 Å². The fourth-order valence-electron chi connectivity index (χ4n) is 2.49. The van der Waals surface area contributed by atoms with Gasteiger partial charge in [0.05, 0.1) is 6.04 Å². The zero-order valence-electron chi connectivity index (χ0n) is 11.0. The maximum Gasteiger partial charge on any atom is 0.243 e. The van der Waals surface area contributed by atoms with Crippen LogP contribution in [0, 0.1) is 0 Å². The zero-order chi connectivity index (χ0) is 12.8. The SMILES string of the molecule is CC(=O)N(OCc1ccccc1)C1CCCCC1. The van der Waals surface area contributed by atoms with Crippen molar-refractivity contribution in [3.05, 3.63) is 35.9 Å². The monoisotopic (exact) mass is 247 g/mol. The number of hydroxylamine groups is 2. The molecule has 1 aliphatic rings. The van der Waals surface area contributed by atoms with E-state index in [1.165, 1.54) is 19.3 Å². The van der Waals surface area contributed by atoms with Crippen LogP contribution in [0.25, 0.3) is 0 Å². The van der Waals surface area contributed by atoms with E-state index >= 15 is 0 Å². The second-order valence-electron chi connectivity index (χ2n) is 4.90. The molecule has 0 spiro atoms. The quantitative estimate of drug-likeness (QED) is 0.764. The topological polar surface area (TPSA) is 29.5 Å². The van der Waals surface area contributed by atoms with Gasteiger partial charge in [-0.25, -0.2) is 5.06 Å². The first-order valence-corrected chi connectivity index (χ1v) is 6.74. The lowest BCUT2D eigenvalue weighted by Crippen LogP contribution is -2.40. The van der Waals surface area contributed by atoms with Crippen molar-refractivity contribution in [3.63, 3.8) is 0 Å². The second kappa shape index (κ2) is 6.55. The summed E-state index contributed by atoms with van der Waals surface area (Å²) in [6.07, 6.45) is 5.80. The Hall–Kier alpha value is -1.35. The van der Waals surface area contributed by atoms with Gasteiger partial charge in [0, 0.05) is 6.92 Å². The molecule has 0 radical (unpaired) electrons. The molecule has 18 heavy (non-hydrogen) atoms. The Morgan fingerprint density at radius 3 is 2.50 bits per heavy atom. The fourth-order valence-corrected chi connectivity index (χ4v) is 2.49. The molecule has 0 bridgehead atoms. The van der Waals surface area contributed by atoms with Gasteiger partial charge in [-0.3, -0.25) is 9.63 Å². The molecule has 3 heteroatoms. The number of rotatable bonds is 4. The van der Waals surface area contributed by atoms with Gasteiger partial charge in [-0.15, -0.1) is 0 Å². The molecule has 0 atom stereocenters. The number of carbonyl (C=O) groups excluding carboxylic acids is 1. The highest BCUT2D eigenvalue weighted by Crippen LogP contribution is 2.23. The van der Waals surface area contributed by atoms with Crippen molar-refractivity contribution in [2.75, 3.05) is 0 Å². The summed E-state index contributed by atoms with van der Waals surface area (Å²) in [7, 11) is 0. The molecule has 3 nitrogen and oxygen atoms in total. The first-order valence-electron chi connectivity index (χ1n) is 6.74. The average molecular weight is 247 g/mol. The van der Waals surface area contributed by atoms with Crippen LogP contribution in [0.3, 0.4) is 0 Å². The molecule has 0 aliphatic heterocycles. The smallest absolute Gasteiger partial charge is 0.243 e. The highest BCUT2D eigenvalue weighted by Gasteiger charge is 2.24. The molecule has 1 aromatic rings. The predicted octanol–water partition coefficient (Wildman–Crippen LogP) is 3.30. The molecule has 1 aliphatic carbocycles. The van der Waals surface area contributed by atoms with Gasteiger partial charge in [0.2, 0.25) is 5.91 Å². The van der Waals surface area contributed by atoms with Gasteiger partial charge in [-0.05, 0) is 18.4 Å². The van der Waals surface area contributed by atoms with E-state index in [1.807, 2.05) is 30.3 Å². The Morgan fingerprint density at radius 2 is 1.89 bits per heavy atom. The van der Waals surface area contributed by atoms with Crippen molar-refractivity contribution in [2.45, 2.75) is 51.7 Å². The molecule has 2 rings (SSSR count). The normalized spacial score (nSPS) is 16.5. The van der Waals surface area contributed by atoms with Crippen LogP contribution in [0.4, 0.5) is 0 Å². The lowest BCUT2D eigenvalue weighted by Gasteiger charge is -2.32. The van der Waals surface area contributed by atoms with E-state index in [0.29, 0.717) is 6.61 Å². The molecule has 0 unspecified atom stereocenters. The molecule has 0 aromatic heterocycles. The summed E-state index contributed by atoms with van der Waals surface area (Å²) in [5.41, 5.74) is 1.10. The Bertz CT molecular complexity index is 371. The summed E-state index contributed by atoms with van der Waals surface area (Å²) in [6.45, 7) is 2.05. The van der Waals surface area contributed by atoms with Crippen LogP contribution in [0.15, 0.2) is 30.3 Å². The van der Waals surface area contributed by atoms with Crippen molar-refractivity contribution in [2.24, 2.45) is 0 Å². The van der Waals surface area contributed by atoms with Crippen LogP contribution in [-0.2, 0) is 16.2 Å². The van der Waals surface area contributed by atoms with Gasteiger partial charge in [0.15, 0.2) is 0 Å². The third-order valence-electron chi connectivity index (χ3n) is 3.43. The molecular formula is C15H21NO2. The average Bonchev–Trinajstić information content (AvgIpc) is 2.41. The number of nitrogens with zero attached hydrogens (tertiary/aromatic N) is 1. The Labute approximate surface area is 109 Å². The van der Waals surface area contributed by atoms with Gasteiger partial charge in [0.25, 0.3) is 0 Å². The van der Waals surface area contributed by atoms with Crippen molar-refractivity contribution in [3.8, 4) is 0 Å². The van der Waals surface area contributed by atoms with Crippen LogP contribution in [-0.4, -0.2) is 17.0 Å². The number of carbonyl (C=O) groups is 1. The van der Waals surface area contributed by atoms with E-state index in [2.05, 4.69) is 0 Å². The van der Waals surface area contributed by atoms with Crippen LogP contribution in [0.2, 0.25) is 0 Å².